The molecule has 1 fully saturated rings. The summed E-state index contributed by atoms with van der Waals surface area (Å²) in [6.07, 6.45) is -0.454. The molecule has 3 N–H and O–H groups in total. The van der Waals surface area contributed by atoms with Crippen LogP contribution in [0, 0.1) is 0 Å². The molecule has 6 heteroatoms. The molecule has 108 valence electrons. The molecule has 2 unspecified atom stereocenters. The fourth-order valence-electron chi connectivity index (χ4n) is 2.87. The van der Waals surface area contributed by atoms with Gasteiger partial charge in [-0.25, -0.2) is 4.98 Å². The predicted molar refractivity (Wildman–Crippen MR) is 70.3 cm³/mol. The monoisotopic (exact) mass is 283 g/mol. The van der Waals surface area contributed by atoms with Gasteiger partial charge in [-0.3, -0.25) is 0 Å². The standard InChI is InChI=1S/C14H16F3N3/c15-14(16,17)9-4-5-11-12(7-9)20-13(19-11)8-2-1-3-10(18)6-8/h4-5,7-8,10H,1-3,6,18H2,(H,19,20). The number of H-pyrrole nitrogens is 1. The van der Waals surface area contributed by atoms with E-state index in [4.69, 9.17) is 5.73 Å². The normalized spacial score (nSPS) is 24.2. The first-order valence-electron chi connectivity index (χ1n) is 6.76. The highest BCUT2D eigenvalue weighted by atomic mass is 19.4. The quantitative estimate of drug-likeness (QED) is 0.840. The van der Waals surface area contributed by atoms with Crippen LogP contribution in [0.2, 0.25) is 0 Å². The molecule has 0 spiro atoms. The van der Waals surface area contributed by atoms with Crippen LogP contribution in [0.4, 0.5) is 13.2 Å². The van der Waals surface area contributed by atoms with Crippen molar-refractivity contribution in [1.82, 2.24) is 9.97 Å². The minimum Gasteiger partial charge on any atom is -0.342 e. The lowest BCUT2D eigenvalue weighted by Gasteiger charge is -2.24. The third-order valence-corrected chi connectivity index (χ3v) is 3.93. The van der Waals surface area contributed by atoms with Crippen molar-refractivity contribution in [1.29, 1.82) is 0 Å². The third-order valence-electron chi connectivity index (χ3n) is 3.93. The van der Waals surface area contributed by atoms with Gasteiger partial charge in [0.25, 0.3) is 0 Å². The van der Waals surface area contributed by atoms with E-state index in [9.17, 15) is 13.2 Å². The molecule has 1 heterocycles. The van der Waals surface area contributed by atoms with Crippen LogP contribution in [-0.2, 0) is 6.18 Å². The zero-order valence-corrected chi connectivity index (χ0v) is 10.9. The number of halogens is 3. The summed E-state index contributed by atoms with van der Waals surface area (Å²) >= 11 is 0. The van der Waals surface area contributed by atoms with Crippen LogP contribution >= 0.6 is 0 Å². The van der Waals surface area contributed by atoms with Crippen molar-refractivity contribution in [3.8, 4) is 0 Å². The maximum Gasteiger partial charge on any atom is 0.416 e. The molecule has 1 aliphatic rings. The molecule has 3 rings (SSSR count). The fourth-order valence-corrected chi connectivity index (χ4v) is 2.87. The molecular weight excluding hydrogens is 267 g/mol. The molecule has 2 atom stereocenters. The van der Waals surface area contributed by atoms with E-state index in [2.05, 4.69) is 9.97 Å². The number of nitrogens with one attached hydrogen (secondary N) is 1. The molecule has 1 aliphatic carbocycles. The van der Waals surface area contributed by atoms with Crippen LogP contribution in [-0.4, -0.2) is 16.0 Å². The molecule has 0 aliphatic heterocycles. The first-order valence-corrected chi connectivity index (χ1v) is 6.76. The van der Waals surface area contributed by atoms with E-state index in [1.54, 1.807) is 0 Å². The summed E-state index contributed by atoms with van der Waals surface area (Å²) in [5, 5.41) is 0. The Balaban J connectivity index is 1.94. The van der Waals surface area contributed by atoms with Gasteiger partial charge in [-0.05, 0) is 37.5 Å². The third kappa shape index (κ3) is 2.52. The Kier molecular flexibility index (Phi) is 3.20. The number of rotatable bonds is 1. The number of imidazole rings is 1. The molecule has 1 aromatic heterocycles. The van der Waals surface area contributed by atoms with Gasteiger partial charge in [0.15, 0.2) is 0 Å². The van der Waals surface area contributed by atoms with E-state index in [0.717, 1.165) is 43.6 Å². The molecule has 1 aromatic carbocycles. The molecule has 2 aromatic rings. The number of aromatic nitrogens is 2. The maximum absolute atomic E-state index is 12.7. The van der Waals surface area contributed by atoms with Gasteiger partial charge in [-0.2, -0.15) is 13.2 Å². The number of hydrogen-bond acceptors (Lipinski definition) is 2. The van der Waals surface area contributed by atoms with Gasteiger partial charge in [-0.15, -0.1) is 0 Å². The highest BCUT2D eigenvalue weighted by Crippen LogP contribution is 2.34. The van der Waals surface area contributed by atoms with Crippen molar-refractivity contribution in [2.45, 2.75) is 43.8 Å². The van der Waals surface area contributed by atoms with Gasteiger partial charge in [0.05, 0.1) is 16.6 Å². The van der Waals surface area contributed by atoms with E-state index in [1.165, 1.54) is 6.07 Å². The summed E-state index contributed by atoms with van der Waals surface area (Å²) in [5.74, 6) is 0.981. The lowest BCUT2D eigenvalue weighted by molar-refractivity contribution is -0.137. The number of hydrogen-bond donors (Lipinski definition) is 2. The van der Waals surface area contributed by atoms with Crippen molar-refractivity contribution in [3.05, 3.63) is 29.6 Å². The second kappa shape index (κ2) is 4.77. The molecular formula is C14H16F3N3. The van der Waals surface area contributed by atoms with Gasteiger partial charge in [0.1, 0.15) is 5.82 Å². The highest BCUT2D eigenvalue weighted by molar-refractivity contribution is 5.76. The minimum absolute atomic E-state index is 0.160. The first-order chi connectivity index (χ1) is 9.43. The summed E-state index contributed by atoms with van der Waals surface area (Å²) in [6.45, 7) is 0. The lowest BCUT2D eigenvalue weighted by Crippen LogP contribution is -2.27. The SMILES string of the molecule is NC1CCCC(c2nc3ccc(C(F)(F)F)cc3[nH]2)C1. The Morgan fingerprint density at radius 3 is 2.75 bits per heavy atom. The zero-order valence-electron chi connectivity index (χ0n) is 10.9. The second-order valence-electron chi connectivity index (χ2n) is 5.48. The van der Waals surface area contributed by atoms with Gasteiger partial charge < -0.3 is 10.7 Å². The summed E-state index contributed by atoms with van der Waals surface area (Å²) in [5.41, 5.74) is 6.31. The summed E-state index contributed by atoms with van der Waals surface area (Å²) < 4.78 is 38.0. The molecule has 20 heavy (non-hydrogen) atoms. The number of alkyl halides is 3. The van der Waals surface area contributed by atoms with Gasteiger partial charge in [-0.1, -0.05) is 6.42 Å². The largest absolute Gasteiger partial charge is 0.416 e. The number of aromatic amines is 1. The Bertz CT molecular complexity index is 618. The van der Waals surface area contributed by atoms with Crippen LogP contribution in [0.5, 0.6) is 0 Å². The van der Waals surface area contributed by atoms with Crippen molar-refractivity contribution in [2.75, 3.05) is 0 Å². The van der Waals surface area contributed by atoms with Gasteiger partial charge in [0, 0.05) is 12.0 Å². The van der Waals surface area contributed by atoms with E-state index >= 15 is 0 Å². The number of nitrogens with zero attached hydrogens (tertiary/aromatic N) is 1. The molecule has 0 saturated heterocycles. The average Bonchev–Trinajstić information content (AvgIpc) is 2.80. The molecule has 1 saturated carbocycles. The molecule has 0 bridgehead atoms. The average molecular weight is 283 g/mol. The van der Waals surface area contributed by atoms with E-state index in [0.29, 0.717) is 11.0 Å². The number of fused-ring (bicyclic) bond motifs is 1. The summed E-state index contributed by atoms with van der Waals surface area (Å²) in [6, 6.07) is 3.77. The van der Waals surface area contributed by atoms with E-state index < -0.39 is 11.7 Å². The minimum atomic E-state index is -4.33. The van der Waals surface area contributed by atoms with Crippen LogP contribution in [0.15, 0.2) is 18.2 Å². The van der Waals surface area contributed by atoms with Gasteiger partial charge >= 0.3 is 6.18 Å². The maximum atomic E-state index is 12.7. The van der Waals surface area contributed by atoms with Crippen LogP contribution in [0.1, 0.15) is 43.0 Å². The van der Waals surface area contributed by atoms with Crippen molar-refractivity contribution < 1.29 is 13.2 Å². The Morgan fingerprint density at radius 2 is 2.05 bits per heavy atom. The fraction of sp³-hybridized carbons (Fsp3) is 0.500. The first kappa shape index (κ1) is 13.4. The molecule has 3 nitrogen and oxygen atoms in total. The lowest BCUT2D eigenvalue weighted by atomic mass is 9.86. The highest BCUT2D eigenvalue weighted by Gasteiger charge is 2.31. The summed E-state index contributed by atoms with van der Waals surface area (Å²) in [7, 11) is 0. The van der Waals surface area contributed by atoms with Crippen molar-refractivity contribution in [2.24, 2.45) is 5.73 Å². The van der Waals surface area contributed by atoms with Crippen LogP contribution in [0.3, 0.4) is 0 Å². The number of benzene rings is 1. The van der Waals surface area contributed by atoms with E-state index in [1.807, 2.05) is 0 Å². The smallest absolute Gasteiger partial charge is 0.342 e. The Morgan fingerprint density at radius 1 is 1.25 bits per heavy atom. The van der Waals surface area contributed by atoms with Crippen molar-refractivity contribution in [3.63, 3.8) is 0 Å². The second-order valence-corrected chi connectivity index (χ2v) is 5.48. The Hall–Kier alpha value is -1.56. The summed E-state index contributed by atoms with van der Waals surface area (Å²) in [4.78, 5) is 7.45. The van der Waals surface area contributed by atoms with Crippen molar-refractivity contribution >= 4 is 11.0 Å². The van der Waals surface area contributed by atoms with Crippen LogP contribution in [0.25, 0.3) is 11.0 Å². The molecule has 0 radical (unpaired) electrons. The van der Waals surface area contributed by atoms with Gasteiger partial charge in [0.2, 0.25) is 0 Å². The molecule has 0 amide bonds. The topological polar surface area (TPSA) is 54.7 Å². The number of nitrogens with two attached hydrogens (primary N) is 1. The van der Waals surface area contributed by atoms with Crippen LogP contribution < -0.4 is 5.73 Å². The Labute approximate surface area is 114 Å². The predicted octanol–water partition coefficient (Wildman–Crippen LogP) is 3.57. The zero-order chi connectivity index (χ0) is 14.3. The van der Waals surface area contributed by atoms with E-state index in [-0.39, 0.29) is 12.0 Å².